The van der Waals surface area contributed by atoms with Crippen LogP contribution in [0.3, 0.4) is 0 Å². The molecule has 1 rings (SSSR count). The van der Waals surface area contributed by atoms with Gasteiger partial charge in [-0.3, -0.25) is 0 Å². The molecule has 1 aromatic carbocycles. The van der Waals surface area contributed by atoms with Crippen LogP contribution in [0.15, 0.2) is 24.3 Å². The summed E-state index contributed by atoms with van der Waals surface area (Å²) in [6, 6.07) is 4.07. The fraction of sp³-hybridized carbons (Fsp3) is 0.455. The maximum atomic E-state index is 12.8. The number of benzene rings is 1. The highest BCUT2D eigenvalue weighted by Gasteiger charge is 2.57. The third-order valence-corrected chi connectivity index (χ3v) is 2.58. The predicted octanol–water partition coefficient (Wildman–Crippen LogP) is 2.09. The fourth-order valence-electron chi connectivity index (χ4n) is 1.49. The second-order valence-electron chi connectivity index (χ2n) is 3.92. The maximum Gasteiger partial charge on any atom is 0.422 e. The number of aliphatic hydroxyl groups is 1. The molecule has 0 aliphatic carbocycles. The van der Waals surface area contributed by atoms with E-state index in [9.17, 15) is 18.3 Å². The number of rotatable bonds is 2. The van der Waals surface area contributed by atoms with E-state index in [-0.39, 0.29) is 5.56 Å². The lowest BCUT2D eigenvalue weighted by Crippen LogP contribution is -2.54. The summed E-state index contributed by atoms with van der Waals surface area (Å²) in [7, 11) is 0. The van der Waals surface area contributed by atoms with Gasteiger partial charge in [0.25, 0.3) is 0 Å². The quantitative estimate of drug-likeness (QED) is 0.821. The van der Waals surface area contributed by atoms with Crippen LogP contribution in [0.4, 0.5) is 13.2 Å². The monoisotopic (exact) mass is 233 g/mol. The standard InChI is InChI=1S/C11H14F3NO/c1-7-3-5-9(6-4-7)10(16,8(2)15)11(12,13)14/h3-6,8,16H,15H2,1-2H3. The second kappa shape index (κ2) is 4.07. The minimum atomic E-state index is -4.80. The highest BCUT2D eigenvalue weighted by Crippen LogP contribution is 2.40. The molecule has 0 aromatic heterocycles. The summed E-state index contributed by atoms with van der Waals surface area (Å²) in [6.45, 7) is 2.88. The number of halogens is 3. The maximum absolute atomic E-state index is 12.8. The lowest BCUT2D eigenvalue weighted by atomic mass is 9.86. The molecule has 0 heterocycles. The van der Waals surface area contributed by atoms with E-state index in [4.69, 9.17) is 5.73 Å². The number of aryl methyl sites for hydroxylation is 1. The summed E-state index contributed by atoms with van der Waals surface area (Å²) in [6.07, 6.45) is -4.80. The lowest BCUT2D eigenvalue weighted by Gasteiger charge is -2.34. The predicted molar refractivity (Wildman–Crippen MR) is 54.8 cm³/mol. The van der Waals surface area contributed by atoms with Crippen molar-refractivity contribution in [2.24, 2.45) is 5.73 Å². The second-order valence-corrected chi connectivity index (χ2v) is 3.92. The Morgan fingerprint density at radius 2 is 1.62 bits per heavy atom. The highest BCUT2D eigenvalue weighted by atomic mass is 19.4. The van der Waals surface area contributed by atoms with Gasteiger partial charge in [0.2, 0.25) is 5.60 Å². The minimum absolute atomic E-state index is 0.236. The van der Waals surface area contributed by atoms with Crippen LogP contribution in [-0.2, 0) is 5.60 Å². The van der Waals surface area contributed by atoms with Gasteiger partial charge in [0, 0.05) is 6.04 Å². The van der Waals surface area contributed by atoms with Crippen molar-refractivity contribution in [3.05, 3.63) is 35.4 Å². The number of hydrogen-bond acceptors (Lipinski definition) is 2. The molecule has 1 aromatic rings. The molecule has 16 heavy (non-hydrogen) atoms. The van der Waals surface area contributed by atoms with Gasteiger partial charge in [0.1, 0.15) is 0 Å². The first-order chi connectivity index (χ1) is 7.19. The van der Waals surface area contributed by atoms with Crippen molar-refractivity contribution in [2.45, 2.75) is 31.7 Å². The molecule has 90 valence electrons. The van der Waals surface area contributed by atoms with E-state index in [2.05, 4.69) is 0 Å². The van der Waals surface area contributed by atoms with Gasteiger partial charge >= 0.3 is 6.18 Å². The van der Waals surface area contributed by atoms with Crippen LogP contribution >= 0.6 is 0 Å². The minimum Gasteiger partial charge on any atom is -0.375 e. The van der Waals surface area contributed by atoms with Gasteiger partial charge in [-0.15, -0.1) is 0 Å². The van der Waals surface area contributed by atoms with Gasteiger partial charge in [0.05, 0.1) is 0 Å². The van der Waals surface area contributed by atoms with Crippen LogP contribution < -0.4 is 5.73 Å². The smallest absolute Gasteiger partial charge is 0.375 e. The van der Waals surface area contributed by atoms with Gasteiger partial charge in [-0.2, -0.15) is 13.2 Å². The molecular formula is C11H14F3NO. The topological polar surface area (TPSA) is 46.2 Å². The Morgan fingerprint density at radius 1 is 1.19 bits per heavy atom. The number of hydrogen-bond donors (Lipinski definition) is 2. The van der Waals surface area contributed by atoms with Crippen LogP contribution in [-0.4, -0.2) is 17.3 Å². The van der Waals surface area contributed by atoms with Crippen molar-refractivity contribution in [1.29, 1.82) is 0 Å². The molecular weight excluding hydrogens is 219 g/mol. The zero-order valence-corrected chi connectivity index (χ0v) is 9.05. The summed E-state index contributed by atoms with van der Waals surface area (Å²) in [5.41, 5.74) is 2.84. The molecule has 2 atom stereocenters. The molecule has 3 N–H and O–H groups in total. The Balaban J connectivity index is 3.28. The Bertz CT molecular complexity index is 358. The van der Waals surface area contributed by atoms with Crippen molar-refractivity contribution < 1.29 is 18.3 Å². The Hall–Kier alpha value is -1.07. The van der Waals surface area contributed by atoms with Gasteiger partial charge < -0.3 is 10.8 Å². The van der Waals surface area contributed by atoms with E-state index in [1.807, 2.05) is 0 Å². The van der Waals surface area contributed by atoms with Gasteiger partial charge in [0.15, 0.2) is 0 Å². The first-order valence-corrected chi connectivity index (χ1v) is 4.81. The van der Waals surface area contributed by atoms with Crippen LogP contribution in [0.5, 0.6) is 0 Å². The van der Waals surface area contributed by atoms with Crippen LogP contribution in [0.1, 0.15) is 18.1 Å². The number of alkyl halides is 3. The summed E-state index contributed by atoms with van der Waals surface area (Å²) in [5.74, 6) is 0. The van der Waals surface area contributed by atoms with E-state index in [0.717, 1.165) is 12.5 Å². The molecule has 2 nitrogen and oxygen atoms in total. The average molecular weight is 233 g/mol. The molecule has 0 spiro atoms. The molecule has 0 amide bonds. The molecule has 0 bridgehead atoms. The van der Waals surface area contributed by atoms with E-state index < -0.39 is 17.8 Å². The van der Waals surface area contributed by atoms with E-state index >= 15 is 0 Å². The first-order valence-electron chi connectivity index (χ1n) is 4.81. The SMILES string of the molecule is Cc1ccc(C(O)(C(C)N)C(F)(F)F)cc1. The molecule has 0 aliphatic heterocycles. The fourth-order valence-corrected chi connectivity index (χ4v) is 1.49. The molecule has 0 saturated carbocycles. The van der Waals surface area contributed by atoms with E-state index in [1.54, 1.807) is 6.92 Å². The Kier molecular flexibility index (Phi) is 3.30. The normalized spacial score (nSPS) is 17.9. The average Bonchev–Trinajstić information content (AvgIpc) is 2.15. The van der Waals surface area contributed by atoms with Crippen molar-refractivity contribution >= 4 is 0 Å². The third kappa shape index (κ3) is 2.05. The van der Waals surface area contributed by atoms with Crippen LogP contribution in [0.2, 0.25) is 0 Å². The zero-order chi connectivity index (χ0) is 12.6. The largest absolute Gasteiger partial charge is 0.422 e. The molecule has 0 fully saturated rings. The highest BCUT2D eigenvalue weighted by molar-refractivity contribution is 5.29. The molecule has 2 unspecified atom stereocenters. The van der Waals surface area contributed by atoms with Crippen LogP contribution in [0.25, 0.3) is 0 Å². The first kappa shape index (κ1) is 13.0. The summed E-state index contributed by atoms with van der Waals surface area (Å²) in [4.78, 5) is 0. The lowest BCUT2D eigenvalue weighted by molar-refractivity contribution is -0.272. The van der Waals surface area contributed by atoms with Gasteiger partial charge in [-0.1, -0.05) is 29.8 Å². The van der Waals surface area contributed by atoms with E-state index in [1.165, 1.54) is 24.3 Å². The molecule has 0 saturated heterocycles. The third-order valence-electron chi connectivity index (χ3n) is 2.58. The van der Waals surface area contributed by atoms with Crippen molar-refractivity contribution in [3.63, 3.8) is 0 Å². The van der Waals surface area contributed by atoms with Crippen molar-refractivity contribution in [3.8, 4) is 0 Å². The van der Waals surface area contributed by atoms with Crippen LogP contribution in [0, 0.1) is 6.92 Å². The summed E-state index contributed by atoms with van der Waals surface area (Å²) < 4.78 is 38.4. The van der Waals surface area contributed by atoms with Crippen molar-refractivity contribution in [2.75, 3.05) is 0 Å². The summed E-state index contributed by atoms with van der Waals surface area (Å²) >= 11 is 0. The van der Waals surface area contributed by atoms with Crippen molar-refractivity contribution in [1.82, 2.24) is 0 Å². The van der Waals surface area contributed by atoms with Gasteiger partial charge in [-0.05, 0) is 19.4 Å². The molecule has 0 radical (unpaired) electrons. The summed E-state index contributed by atoms with van der Waals surface area (Å²) in [5, 5.41) is 9.74. The molecule has 0 aliphatic rings. The Morgan fingerprint density at radius 3 is 1.94 bits per heavy atom. The van der Waals surface area contributed by atoms with E-state index in [0.29, 0.717) is 0 Å². The zero-order valence-electron chi connectivity index (χ0n) is 9.05. The van der Waals surface area contributed by atoms with Gasteiger partial charge in [-0.25, -0.2) is 0 Å². The Labute approximate surface area is 91.9 Å². The number of nitrogens with two attached hydrogens (primary N) is 1. The molecule has 5 heteroatoms.